The molecule has 0 heterocycles. The van der Waals surface area contributed by atoms with E-state index in [4.69, 9.17) is 21.6 Å². The van der Waals surface area contributed by atoms with Crippen LogP contribution in [0.15, 0.2) is 42.5 Å². The summed E-state index contributed by atoms with van der Waals surface area (Å²) >= 11 is 9.35. The molecule has 0 spiro atoms. The fraction of sp³-hybridized carbons (Fsp3) is 0.0714. The van der Waals surface area contributed by atoms with Gasteiger partial charge < -0.3 is 4.74 Å². The molecule has 0 aliphatic carbocycles. The van der Waals surface area contributed by atoms with Crippen molar-refractivity contribution in [3.05, 3.63) is 58.6 Å². The first kappa shape index (κ1) is 12.9. The van der Waals surface area contributed by atoms with Gasteiger partial charge in [-0.1, -0.05) is 33.6 Å². The number of hydrogen-bond acceptors (Lipinski definition) is 2. The lowest BCUT2D eigenvalue weighted by Crippen LogP contribution is -1.89. The van der Waals surface area contributed by atoms with Gasteiger partial charge in [0.1, 0.15) is 11.5 Å². The molecule has 0 bridgehead atoms. The van der Waals surface area contributed by atoms with E-state index in [2.05, 4.69) is 22.0 Å². The molecule has 2 nitrogen and oxygen atoms in total. The summed E-state index contributed by atoms with van der Waals surface area (Å²) in [5, 5.41) is 10.0. The Kier molecular flexibility index (Phi) is 4.24. The van der Waals surface area contributed by atoms with E-state index in [9.17, 15) is 0 Å². The molecule has 0 atom stereocenters. The Hall–Kier alpha value is -1.50. The van der Waals surface area contributed by atoms with Crippen molar-refractivity contribution in [1.29, 1.82) is 5.26 Å². The second-order valence-electron chi connectivity index (χ2n) is 3.62. The van der Waals surface area contributed by atoms with Gasteiger partial charge in [0.2, 0.25) is 0 Å². The second-order valence-corrected chi connectivity index (χ2v) is 4.62. The normalized spacial score (nSPS) is 9.83. The Morgan fingerprint density at radius 2 is 1.89 bits per heavy atom. The van der Waals surface area contributed by atoms with E-state index in [0.717, 1.165) is 5.56 Å². The molecule has 0 aliphatic rings. The molecule has 0 amide bonds. The average molecular weight is 323 g/mol. The molecule has 2 aromatic rings. The number of nitriles is 1. The topological polar surface area (TPSA) is 33.0 Å². The van der Waals surface area contributed by atoms with E-state index in [1.54, 1.807) is 30.3 Å². The minimum Gasteiger partial charge on any atom is -0.457 e. The van der Waals surface area contributed by atoms with Crippen molar-refractivity contribution in [3.8, 4) is 17.6 Å². The third-order valence-electron chi connectivity index (χ3n) is 2.38. The molecule has 0 unspecified atom stereocenters. The average Bonchev–Trinajstić information content (AvgIpc) is 2.40. The second kappa shape index (κ2) is 5.90. The predicted octanol–water partition coefficient (Wildman–Crippen LogP) is 4.90. The van der Waals surface area contributed by atoms with Crippen molar-refractivity contribution < 1.29 is 4.74 Å². The first-order valence-corrected chi connectivity index (χ1v) is 6.75. The minimum atomic E-state index is 0.606. The molecule has 0 aliphatic heterocycles. The van der Waals surface area contributed by atoms with Crippen LogP contribution in [-0.2, 0) is 5.33 Å². The highest BCUT2D eigenvalue weighted by Gasteiger charge is 2.05. The van der Waals surface area contributed by atoms with Crippen molar-refractivity contribution >= 4 is 27.5 Å². The van der Waals surface area contributed by atoms with Gasteiger partial charge in [-0.2, -0.15) is 5.26 Å². The van der Waals surface area contributed by atoms with E-state index < -0.39 is 0 Å². The van der Waals surface area contributed by atoms with Crippen LogP contribution in [0.5, 0.6) is 11.5 Å². The summed E-state index contributed by atoms with van der Waals surface area (Å²) in [5.74, 6) is 1.39. The Labute approximate surface area is 119 Å². The minimum absolute atomic E-state index is 0.606. The fourth-order valence-corrected chi connectivity index (χ4v) is 2.08. The number of halogens is 2. The Bertz CT molecular complexity index is 590. The van der Waals surface area contributed by atoms with Crippen molar-refractivity contribution in [3.63, 3.8) is 0 Å². The van der Waals surface area contributed by atoms with Gasteiger partial charge in [0.15, 0.2) is 0 Å². The van der Waals surface area contributed by atoms with Crippen molar-refractivity contribution in [2.75, 3.05) is 0 Å². The molecule has 0 fully saturated rings. The molecule has 2 rings (SSSR count). The van der Waals surface area contributed by atoms with Gasteiger partial charge in [-0.3, -0.25) is 0 Å². The summed E-state index contributed by atoms with van der Waals surface area (Å²) in [6.45, 7) is 0. The van der Waals surface area contributed by atoms with E-state index in [1.807, 2.05) is 12.1 Å². The van der Waals surface area contributed by atoms with Crippen LogP contribution >= 0.6 is 27.5 Å². The molecule has 90 valence electrons. The summed E-state index contributed by atoms with van der Waals surface area (Å²) in [4.78, 5) is 0. The van der Waals surface area contributed by atoms with Gasteiger partial charge in [0.05, 0.1) is 11.6 Å². The van der Waals surface area contributed by atoms with Crippen LogP contribution in [0.2, 0.25) is 5.02 Å². The van der Waals surface area contributed by atoms with E-state index in [0.29, 0.717) is 27.4 Å². The first-order chi connectivity index (χ1) is 8.72. The van der Waals surface area contributed by atoms with Crippen LogP contribution in [0, 0.1) is 11.3 Å². The standard InChI is InChI=1S/C14H9BrClNO/c15-8-11-3-4-12(16)7-14(11)18-13-5-1-10(9-17)2-6-13/h1-7H,8H2. The molecule has 0 N–H and O–H groups in total. The molecule has 0 aromatic heterocycles. The van der Waals surface area contributed by atoms with Crippen LogP contribution in [-0.4, -0.2) is 0 Å². The predicted molar refractivity (Wildman–Crippen MR) is 75.3 cm³/mol. The van der Waals surface area contributed by atoms with Crippen LogP contribution in [0.1, 0.15) is 11.1 Å². The molecule has 18 heavy (non-hydrogen) atoms. The zero-order valence-electron chi connectivity index (χ0n) is 9.36. The largest absolute Gasteiger partial charge is 0.457 e. The van der Waals surface area contributed by atoms with Gasteiger partial charge in [0, 0.05) is 15.9 Å². The summed E-state index contributed by atoms with van der Waals surface area (Å²) in [6, 6.07) is 14.5. The van der Waals surface area contributed by atoms with Crippen molar-refractivity contribution in [2.24, 2.45) is 0 Å². The van der Waals surface area contributed by atoms with Crippen LogP contribution in [0.25, 0.3) is 0 Å². The Morgan fingerprint density at radius 3 is 2.50 bits per heavy atom. The maximum absolute atomic E-state index is 8.72. The van der Waals surface area contributed by atoms with Gasteiger partial charge in [-0.05, 0) is 36.4 Å². The number of nitrogens with zero attached hydrogens (tertiary/aromatic N) is 1. The molecular weight excluding hydrogens is 314 g/mol. The monoisotopic (exact) mass is 321 g/mol. The number of hydrogen-bond donors (Lipinski definition) is 0. The molecule has 0 saturated heterocycles. The van der Waals surface area contributed by atoms with E-state index in [1.165, 1.54) is 0 Å². The third-order valence-corrected chi connectivity index (χ3v) is 3.22. The lowest BCUT2D eigenvalue weighted by atomic mass is 10.2. The smallest absolute Gasteiger partial charge is 0.132 e. The third kappa shape index (κ3) is 3.04. The van der Waals surface area contributed by atoms with Crippen molar-refractivity contribution in [1.82, 2.24) is 0 Å². The zero-order valence-corrected chi connectivity index (χ0v) is 11.7. The number of alkyl halides is 1. The zero-order chi connectivity index (χ0) is 13.0. The van der Waals surface area contributed by atoms with Crippen LogP contribution in [0.4, 0.5) is 0 Å². The van der Waals surface area contributed by atoms with Crippen molar-refractivity contribution in [2.45, 2.75) is 5.33 Å². The highest BCUT2D eigenvalue weighted by atomic mass is 79.9. The maximum Gasteiger partial charge on any atom is 0.132 e. The van der Waals surface area contributed by atoms with Crippen LogP contribution in [0.3, 0.4) is 0 Å². The van der Waals surface area contributed by atoms with Gasteiger partial charge in [0.25, 0.3) is 0 Å². The Morgan fingerprint density at radius 1 is 1.17 bits per heavy atom. The van der Waals surface area contributed by atoms with Crippen LogP contribution < -0.4 is 4.74 Å². The highest BCUT2D eigenvalue weighted by molar-refractivity contribution is 9.08. The lowest BCUT2D eigenvalue weighted by molar-refractivity contribution is 0.478. The number of rotatable bonds is 3. The quantitative estimate of drug-likeness (QED) is 0.753. The van der Waals surface area contributed by atoms with E-state index >= 15 is 0 Å². The Balaban J connectivity index is 2.27. The molecule has 0 saturated carbocycles. The van der Waals surface area contributed by atoms with Gasteiger partial charge in [-0.15, -0.1) is 0 Å². The number of benzene rings is 2. The molecule has 0 radical (unpaired) electrons. The number of ether oxygens (including phenoxy) is 1. The molecular formula is C14H9BrClNO. The molecule has 4 heteroatoms. The SMILES string of the molecule is N#Cc1ccc(Oc2cc(Cl)ccc2CBr)cc1. The lowest BCUT2D eigenvalue weighted by Gasteiger charge is -2.10. The molecule has 2 aromatic carbocycles. The van der Waals surface area contributed by atoms with Gasteiger partial charge in [-0.25, -0.2) is 0 Å². The summed E-state index contributed by atoms with van der Waals surface area (Å²) in [6.07, 6.45) is 0. The summed E-state index contributed by atoms with van der Waals surface area (Å²) in [7, 11) is 0. The van der Waals surface area contributed by atoms with Gasteiger partial charge >= 0.3 is 0 Å². The first-order valence-electron chi connectivity index (χ1n) is 5.25. The maximum atomic E-state index is 8.72. The fourth-order valence-electron chi connectivity index (χ4n) is 1.46. The summed E-state index contributed by atoms with van der Waals surface area (Å²) in [5.41, 5.74) is 1.62. The highest BCUT2D eigenvalue weighted by Crippen LogP contribution is 2.29. The van der Waals surface area contributed by atoms with E-state index in [-0.39, 0.29) is 0 Å². The summed E-state index contributed by atoms with van der Waals surface area (Å²) < 4.78 is 5.76.